The van der Waals surface area contributed by atoms with Gasteiger partial charge in [0.05, 0.1) is 5.56 Å². The lowest BCUT2D eigenvalue weighted by molar-refractivity contribution is -0.145. The summed E-state index contributed by atoms with van der Waals surface area (Å²) in [5.74, 6) is -3.41. The Morgan fingerprint density at radius 1 is 1.39 bits per heavy atom. The molecule has 7 heteroatoms. The van der Waals surface area contributed by atoms with Gasteiger partial charge in [-0.2, -0.15) is 13.2 Å². The Hall–Kier alpha value is -2.05. The van der Waals surface area contributed by atoms with E-state index in [1.807, 2.05) is 0 Å². The van der Waals surface area contributed by atoms with Crippen molar-refractivity contribution < 1.29 is 27.9 Å². The first-order valence-electron chi connectivity index (χ1n) is 5.03. The van der Waals surface area contributed by atoms with Gasteiger partial charge in [0.25, 0.3) is 0 Å². The fourth-order valence-electron chi connectivity index (χ4n) is 1.79. The topological polar surface area (TPSA) is 66.4 Å². The lowest BCUT2D eigenvalue weighted by Crippen LogP contribution is -2.35. The molecular formula is C11H8F3NO3. The summed E-state index contributed by atoms with van der Waals surface area (Å²) >= 11 is 0. The summed E-state index contributed by atoms with van der Waals surface area (Å²) in [4.78, 5) is 22.1. The molecule has 1 atom stereocenters. The van der Waals surface area contributed by atoms with Crippen LogP contribution in [0.2, 0.25) is 0 Å². The van der Waals surface area contributed by atoms with Crippen LogP contribution >= 0.6 is 0 Å². The Balaban J connectivity index is 2.40. The van der Waals surface area contributed by atoms with Crippen LogP contribution < -0.4 is 5.32 Å². The molecule has 2 rings (SSSR count). The van der Waals surface area contributed by atoms with Gasteiger partial charge in [-0.25, -0.2) is 0 Å². The number of carbonyl (C=O) groups excluding carboxylic acids is 1. The zero-order valence-electron chi connectivity index (χ0n) is 8.91. The molecule has 18 heavy (non-hydrogen) atoms. The number of aliphatic carboxylic acids is 1. The predicted octanol–water partition coefficient (Wildman–Crippen LogP) is 1.90. The smallest absolute Gasteiger partial charge is 0.416 e. The second-order valence-corrected chi connectivity index (χ2v) is 3.95. The van der Waals surface area contributed by atoms with Crippen molar-refractivity contribution in [2.75, 3.05) is 5.32 Å². The molecule has 2 N–H and O–H groups in total. The normalized spacial score (nSPS) is 19.1. The van der Waals surface area contributed by atoms with Gasteiger partial charge in [-0.1, -0.05) is 0 Å². The molecule has 0 aliphatic carbocycles. The van der Waals surface area contributed by atoms with Gasteiger partial charge < -0.3 is 10.4 Å². The molecule has 1 unspecified atom stereocenters. The number of anilines is 1. The van der Waals surface area contributed by atoms with E-state index < -0.39 is 29.5 Å². The lowest BCUT2D eigenvalue weighted by atomic mass is 9.92. The van der Waals surface area contributed by atoms with E-state index in [0.717, 1.165) is 18.2 Å². The van der Waals surface area contributed by atoms with Crippen LogP contribution in [-0.2, 0) is 22.2 Å². The number of carboxylic acids is 1. The summed E-state index contributed by atoms with van der Waals surface area (Å²) in [6.45, 7) is 0. The number of alkyl halides is 3. The molecule has 1 aliphatic rings. The van der Waals surface area contributed by atoms with E-state index in [2.05, 4.69) is 5.32 Å². The molecule has 0 spiro atoms. The summed E-state index contributed by atoms with van der Waals surface area (Å²) in [7, 11) is 0. The van der Waals surface area contributed by atoms with Crippen LogP contribution in [-0.4, -0.2) is 17.0 Å². The third kappa shape index (κ3) is 2.15. The average molecular weight is 259 g/mol. The maximum Gasteiger partial charge on any atom is 0.416 e. The maximum absolute atomic E-state index is 12.5. The first-order valence-corrected chi connectivity index (χ1v) is 5.03. The van der Waals surface area contributed by atoms with Gasteiger partial charge in [0.2, 0.25) is 5.91 Å². The first-order chi connectivity index (χ1) is 8.29. The standard InChI is InChI=1S/C11H8F3NO3/c12-11(13,14)6-1-2-8-5(3-6)4-7(10(17)18)9(16)15-8/h1-3,7H,4H2,(H,15,16)(H,17,18). The Morgan fingerprint density at radius 3 is 2.61 bits per heavy atom. The highest BCUT2D eigenvalue weighted by Crippen LogP contribution is 2.34. The molecule has 0 radical (unpaired) electrons. The largest absolute Gasteiger partial charge is 0.481 e. The molecule has 0 fully saturated rings. The third-order valence-electron chi connectivity index (χ3n) is 2.73. The van der Waals surface area contributed by atoms with Gasteiger partial charge in [-0.15, -0.1) is 0 Å². The zero-order valence-corrected chi connectivity index (χ0v) is 8.91. The molecule has 1 heterocycles. The number of amides is 1. The van der Waals surface area contributed by atoms with Crippen molar-refractivity contribution in [3.63, 3.8) is 0 Å². The van der Waals surface area contributed by atoms with E-state index >= 15 is 0 Å². The molecule has 4 nitrogen and oxygen atoms in total. The van der Waals surface area contributed by atoms with Crippen molar-refractivity contribution >= 4 is 17.6 Å². The molecular weight excluding hydrogens is 251 g/mol. The summed E-state index contributed by atoms with van der Waals surface area (Å²) in [6.07, 6.45) is -4.73. The summed E-state index contributed by atoms with van der Waals surface area (Å²) in [5, 5.41) is 11.1. The van der Waals surface area contributed by atoms with Crippen molar-refractivity contribution in [1.29, 1.82) is 0 Å². The van der Waals surface area contributed by atoms with Gasteiger partial charge in [0.1, 0.15) is 5.92 Å². The van der Waals surface area contributed by atoms with Crippen molar-refractivity contribution in [2.24, 2.45) is 5.92 Å². The minimum atomic E-state index is -4.49. The number of fused-ring (bicyclic) bond motifs is 1. The fraction of sp³-hybridized carbons (Fsp3) is 0.273. The van der Waals surface area contributed by atoms with E-state index in [-0.39, 0.29) is 17.7 Å². The lowest BCUT2D eigenvalue weighted by Gasteiger charge is -2.22. The molecule has 1 aromatic carbocycles. The highest BCUT2D eigenvalue weighted by molar-refractivity contribution is 6.06. The fourth-order valence-corrected chi connectivity index (χ4v) is 1.79. The number of hydrogen-bond donors (Lipinski definition) is 2. The van der Waals surface area contributed by atoms with Crippen molar-refractivity contribution in [3.8, 4) is 0 Å². The first kappa shape index (κ1) is 12.4. The Kier molecular flexibility index (Phi) is 2.76. The Morgan fingerprint density at radius 2 is 2.06 bits per heavy atom. The van der Waals surface area contributed by atoms with E-state index in [9.17, 15) is 22.8 Å². The van der Waals surface area contributed by atoms with Crippen LogP contribution in [0.1, 0.15) is 11.1 Å². The molecule has 0 saturated heterocycles. The summed E-state index contributed by atoms with van der Waals surface area (Å²) in [5.41, 5.74) is -0.455. The molecule has 0 bridgehead atoms. The van der Waals surface area contributed by atoms with E-state index in [1.165, 1.54) is 0 Å². The molecule has 0 aromatic heterocycles. The SMILES string of the molecule is O=C(O)C1Cc2cc(C(F)(F)F)ccc2NC1=O. The Bertz CT molecular complexity index is 525. The van der Waals surface area contributed by atoms with Crippen LogP contribution in [0.15, 0.2) is 18.2 Å². The van der Waals surface area contributed by atoms with Gasteiger partial charge in [0, 0.05) is 5.69 Å². The minimum Gasteiger partial charge on any atom is -0.481 e. The second kappa shape index (κ2) is 4.01. The average Bonchev–Trinajstić information content (AvgIpc) is 2.25. The van der Waals surface area contributed by atoms with Crippen molar-refractivity contribution in [2.45, 2.75) is 12.6 Å². The van der Waals surface area contributed by atoms with Crippen LogP contribution in [0, 0.1) is 5.92 Å². The minimum absolute atomic E-state index is 0.178. The van der Waals surface area contributed by atoms with Crippen molar-refractivity contribution in [3.05, 3.63) is 29.3 Å². The van der Waals surface area contributed by atoms with Gasteiger partial charge >= 0.3 is 12.1 Å². The number of carbonyl (C=O) groups is 2. The highest BCUT2D eigenvalue weighted by Gasteiger charge is 2.35. The van der Waals surface area contributed by atoms with Crippen LogP contribution in [0.25, 0.3) is 0 Å². The highest BCUT2D eigenvalue weighted by atomic mass is 19.4. The number of benzene rings is 1. The summed E-state index contributed by atoms with van der Waals surface area (Å²) < 4.78 is 37.5. The molecule has 0 saturated carbocycles. The van der Waals surface area contributed by atoms with E-state index in [1.54, 1.807) is 0 Å². The van der Waals surface area contributed by atoms with Gasteiger partial charge in [0.15, 0.2) is 0 Å². The number of carboxylic acid groups (broad SMARTS) is 1. The molecule has 96 valence electrons. The van der Waals surface area contributed by atoms with E-state index in [4.69, 9.17) is 5.11 Å². The third-order valence-corrected chi connectivity index (χ3v) is 2.73. The van der Waals surface area contributed by atoms with Gasteiger partial charge in [-0.05, 0) is 30.2 Å². The second-order valence-electron chi connectivity index (χ2n) is 3.95. The quantitative estimate of drug-likeness (QED) is 0.757. The number of nitrogens with one attached hydrogen (secondary N) is 1. The van der Waals surface area contributed by atoms with Crippen LogP contribution in [0.3, 0.4) is 0 Å². The molecule has 1 amide bonds. The van der Waals surface area contributed by atoms with Crippen molar-refractivity contribution in [1.82, 2.24) is 0 Å². The molecule has 1 aromatic rings. The number of rotatable bonds is 1. The van der Waals surface area contributed by atoms with E-state index in [0.29, 0.717) is 0 Å². The zero-order chi connectivity index (χ0) is 13.5. The van der Waals surface area contributed by atoms with Crippen LogP contribution in [0.5, 0.6) is 0 Å². The van der Waals surface area contributed by atoms with Gasteiger partial charge in [-0.3, -0.25) is 9.59 Å². The van der Waals surface area contributed by atoms with Crippen LogP contribution in [0.4, 0.5) is 18.9 Å². The monoisotopic (exact) mass is 259 g/mol. The number of hydrogen-bond acceptors (Lipinski definition) is 2. The Labute approximate surface area is 99.4 Å². The predicted molar refractivity (Wildman–Crippen MR) is 54.9 cm³/mol. The maximum atomic E-state index is 12.5. The molecule has 1 aliphatic heterocycles. The number of halogens is 3. The summed E-state index contributed by atoms with van der Waals surface area (Å²) in [6, 6.07) is 2.85.